The number of aryl methyl sites for hydroxylation is 1. The molecular weight excluding hydrogens is 324 g/mol. The minimum absolute atomic E-state index is 0.0136. The molecule has 0 aliphatic carbocycles. The van der Waals surface area contributed by atoms with Gasteiger partial charge >= 0.3 is 5.97 Å². The van der Waals surface area contributed by atoms with Gasteiger partial charge in [0.05, 0.1) is 23.1 Å². The first kappa shape index (κ1) is 19.8. The lowest BCUT2D eigenvalue weighted by atomic mass is 9.77. The van der Waals surface area contributed by atoms with Crippen LogP contribution in [0.4, 0.5) is 0 Å². The number of carbonyl (C=O) groups is 1. The van der Waals surface area contributed by atoms with Crippen LogP contribution in [0.25, 0.3) is 0 Å². The van der Waals surface area contributed by atoms with E-state index in [1.54, 1.807) is 0 Å². The highest BCUT2D eigenvalue weighted by Crippen LogP contribution is 2.41. The van der Waals surface area contributed by atoms with Gasteiger partial charge < -0.3 is 10.4 Å². The van der Waals surface area contributed by atoms with E-state index in [-0.39, 0.29) is 5.41 Å². The molecule has 1 heterocycles. The van der Waals surface area contributed by atoms with Gasteiger partial charge in [0.15, 0.2) is 0 Å². The van der Waals surface area contributed by atoms with Crippen LogP contribution in [0.15, 0.2) is 46.8 Å². The second kappa shape index (κ2) is 7.78. The number of carboxylic acids is 1. The molecule has 2 rings (SSSR count). The van der Waals surface area contributed by atoms with Crippen LogP contribution in [0.1, 0.15) is 64.0 Å². The van der Waals surface area contributed by atoms with E-state index in [9.17, 15) is 15.2 Å². The third-order valence-electron chi connectivity index (χ3n) is 4.50. The molecule has 0 aromatic heterocycles. The number of hydrogen-bond donors (Lipinski definition) is 2. The third-order valence-corrected chi connectivity index (χ3v) is 4.50. The van der Waals surface area contributed by atoms with E-state index in [1.807, 2.05) is 38.1 Å². The molecule has 4 nitrogen and oxygen atoms in total. The summed E-state index contributed by atoms with van der Waals surface area (Å²) in [6.45, 7) is 10.4. The second-order valence-electron chi connectivity index (χ2n) is 8.16. The summed E-state index contributed by atoms with van der Waals surface area (Å²) in [5.41, 5.74) is 4.33. The predicted molar refractivity (Wildman–Crippen MR) is 103 cm³/mol. The Kier molecular flexibility index (Phi) is 5.92. The number of hydrogen-bond acceptors (Lipinski definition) is 3. The van der Waals surface area contributed by atoms with Crippen LogP contribution in [0, 0.1) is 23.7 Å². The molecule has 1 atom stereocenters. The largest absolute Gasteiger partial charge is 0.478 e. The van der Waals surface area contributed by atoms with E-state index in [2.05, 4.69) is 32.2 Å². The highest BCUT2D eigenvalue weighted by molar-refractivity contribution is 5.91. The Morgan fingerprint density at radius 2 is 1.85 bits per heavy atom. The molecule has 2 N–H and O–H groups in total. The predicted octanol–water partition coefficient (Wildman–Crippen LogP) is 5.03. The number of aliphatic carboxylic acids is 1. The molecule has 1 aromatic carbocycles. The molecule has 1 unspecified atom stereocenters. The van der Waals surface area contributed by atoms with Crippen LogP contribution in [0.3, 0.4) is 0 Å². The van der Waals surface area contributed by atoms with Gasteiger partial charge in [-0.15, -0.1) is 0 Å². The van der Waals surface area contributed by atoms with E-state index in [0.29, 0.717) is 24.0 Å². The van der Waals surface area contributed by atoms with Crippen LogP contribution < -0.4 is 5.32 Å². The average molecular weight is 352 g/mol. The number of benzene rings is 1. The van der Waals surface area contributed by atoms with Crippen LogP contribution in [0.2, 0.25) is 0 Å². The van der Waals surface area contributed by atoms with Gasteiger partial charge in [-0.1, -0.05) is 63.9 Å². The van der Waals surface area contributed by atoms with Crippen molar-refractivity contribution in [2.45, 2.75) is 59.8 Å². The Morgan fingerprint density at radius 3 is 2.31 bits per heavy atom. The second-order valence-corrected chi connectivity index (χ2v) is 8.16. The smallest absolute Gasteiger partial charge is 0.334 e. The molecule has 0 saturated heterocycles. The fraction of sp³-hybridized carbons (Fsp3) is 0.455. The highest BCUT2D eigenvalue weighted by Gasteiger charge is 2.36. The van der Waals surface area contributed by atoms with Crippen molar-refractivity contribution in [1.29, 1.82) is 5.26 Å². The van der Waals surface area contributed by atoms with Gasteiger partial charge in [0.2, 0.25) is 0 Å². The van der Waals surface area contributed by atoms with E-state index < -0.39 is 11.9 Å². The number of nitrogens with zero attached hydrogens (tertiary/aromatic N) is 1. The topological polar surface area (TPSA) is 73.1 Å². The molecule has 1 aliphatic rings. The van der Waals surface area contributed by atoms with Gasteiger partial charge in [0.1, 0.15) is 0 Å². The Labute approximate surface area is 156 Å². The number of rotatable bonds is 5. The molecular formula is C22H28N2O2. The lowest BCUT2D eigenvalue weighted by molar-refractivity contribution is -0.133. The maximum atomic E-state index is 12.1. The molecule has 26 heavy (non-hydrogen) atoms. The van der Waals surface area contributed by atoms with Crippen LogP contribution in [-0.4, -0.2) is 11.1 Å². The lowest BCUT2D eigenvalue weighted by Crippen LogP contribution is -2.31. The van der Waals surface area contributed by atoms with E-state index >= 15 is 0 Å². The Bertz CT molecular complexity index is 787. The molecule has 0 saturated carbocycles. The van der Waals surface area contributed by atoms with Crippen molar-refractivity contribution in [2.24, 2.45) is 5.41 Å². The molecule has 4 heteroatoms. The minimum atomic E-state index is -0.964. The van der Waals surface area contributed by atoms with Crippen molar-refractivity contribution in [3.8, 4) is 6.07 Å². The summed E-state index contributed by atoms with van der Waals surface area (Å²) in [6.07, 6.45) is 2.18. The molecule has 0 fully saturated rings. The highest BCUT2D eigenvalue weighted by atomic mass is 16.4. The molecule has 138 valence electrons. The van der Waals surface area contributed by atoms with Gasteiger partial charge in [-0.25, -0.2) is 4.79 Å². The zero-order valence-corrected chi connectivity index (χ0v) is 16.3. The first-order valence-electron chi connectivity index (χ1n) is 9.11. The van der Waals surface area contributed by atoms with Crippen molar-refractivity contribution >= 4 is 5.97 Å². The summed E-state index contributed by atoms with van der Waals surface area (Å²) in [4.78, 5) is 12.1. The fourth-order valence-electron chi connectivity index (χ4n) is 3.40. The number of nitriles is 1. The maximum Gasteiger partial charge on any atom is 0.334 e. The van der Waals surface area contributed by atoms with E-state index in [1.165, 1.54) is 0 Å². The monoisotopic (exact) mass is 352 g/mol. The van der Waals surface area contributed by atoms with Gasteiger partial charge in [-0.05, 0) is 30.7 Å². The van der Waals surface area contributed by atoms with Crippen molar-refractivity contribution in [3.05, 3.63) is 57.9 Å². The molecule has 0 radical (unpaired) electrons. The van der Waals surface area contributed by atoms with Crippen molar-refractivity contribution in [1.82, 2.24) is 5.32 Å². The van der Waals surface area contributed by atoms with Crippen molar-refractivity contribution < 1.29 is 9.90 Å². The van der Waals surface area contributed by atoms with E-state index in [0.717, 1.165) is 28.9 Å². The molecule has 0 bridgehead atoms. The summed E-state index contributed by atoms with van der Waals surface area (Å²) in [6, 6.07) is 10.1. The standard InChI is InChI=1S/C22H28N2O2/c1-6-7-17-20(21(25)26)19(15-10-8-14(2)9-11-15)16(13-23)18(24-17)12-22(3,4)5/h8-11,19,24H,6-7,12H2,1-5H3,(H,25,26). The fourth-order valence-corrected chi connectivity index (χ4v) is 3.40. The van der Waals surface area contributed by atoms with Gasteiger partial charge in [0, 0.05) is 11.4 Å². The maximum absolute atomic E-state index is 12.1. The van der Waals surface area contributed by atoms with E-state index in [4.69, 9.17) is 0 Å². The summed E-state index contributed by atoms with van der Waals surface area (Å²) in [5.74, 6) is -1.49. The Hall–Kier alpha value is -2.54. The Balaban J connectivity index is 2.69. The SMILES string of the molecule is CCCC1=C(C(=O)O)C(c2ccc(C)cc2)C(C#N)=C(CC(C)(C)C)N1. The first-order chi connectivity index (χ1) is 12.2. The van der Waals surface area contributed by atoms with Gasteiger partial charge in [-0.3, -0.25) is 0 Å². The number of nitrogens with one attached hydrogen (secondary N) is 1. The zero-order chi connectivity index (χ0) is 19.5. The molecule has 1 aliphatic heterocycles. The minimum Gasteiger partial charge on any atom is -0.478 e. The van der Waals surface area contributed by atoms with Gasteiger partial charge in [0.25, 0.3) is 0 Å². The number of carboxylic acid groups (broad SMARTS) is 1. The van der Waals surface area contributed by atoms with Crippen LogP contribution >= 0.6 is 0 Å². The van der Waals surface area contributed by atoms with Gasteiger partial charge in [-0.2, -0.15) is 5.26 Å². The van der Waals surface area contributed by atoms with Crippen LogP contribution in [-0.2, 0) is 4.79 Å². The van der Waals surface area contributed by atoms with Crippen molar-refractivity contribution in [3.63, 3.8) is 0 Å². The molecule has 0 spiro atoms. The summed E-state index contributed by atoms with van der Waals surface area (Å²) >= 11 is 0. The zero-order valence-electron chi connectivity index (χ0n) is 16.3. The molecule has 1 aromatic rings. The lowest BCUT2D eigenvalue weighted by Gasteiger charge is -2.32. The quantitative estimate of drug-likeness (QED) is 0.779. The summed E-state index contributed by atoms with van der Waals surface area (Å²) in [5, 5.41) is 23.1. The molecule has 0 amide bonds. The van der Waals surface area contributed by atoms with Crippen LogP contribution in [0.5, 0.6) is 0 Å². The third kappa shape index (κ3) is 4.35. The average Bonchev–Trinajstić information content (AvgIpc) is 2.53. The Morgan fingerprint density at radius 1 is 1.23 bits per heavy atom. The normalized spacial score (nSPS) is 17.8. The first-order valence-corrected chi connectivity index (χ1v) is 9.11. The summed E-state index contributed by atoms with van der Waals surface area (Å²) in [7, 11) is 0. The number of allylic oxidation sites excluding steroid dienone is 3. The van der Waals surface area contributed by atoms with Crippen molar-refractivity contribution in [2.75, 3.05) is 0 Å². The number of dihydropyridines is 1. The summed E-state index contributed by atoms with van der Waals surface area (Å²) < 4.78 is 0.